The van der Waals surface area contributed by atoms with E-state index in [9.17, 15) is 24.3 Å². The molecule has 33 heavy (non-hydrogen) atoms. The second kappa shape index (κ2) is 10.7. The molecule has 1 aromatic rings. The highest BCUT2D eigenvalue weighted by atomic mass is 16.5. The van der Waals surface area contributed by atoms with E-state index in [1.165, 1.54) is 19.2 Å². The van der Waals surface area contributed by atoms with Crippen molar-refractivity contribution in [1.29, 1.82) is 5.41 Å². The lowest BCUT2D eigenvalue weighted by Gasteiger charge is -2.16. The fourth-order valence-corrected chi connectivity index (χ4v) is 2.78. The number of aliphatic imine (C=N–C) groups is 1. The Labute approximate surface area is 186 Å². The number of dihydropyridines is 1. The number of nitrogens with one attached hydrogen (secondary N) is 3. The van der Waals surface area contributed by atoms with Gasteiger partial charge in [0.1, 0.15) is 29.0 Å². The Morgan fingerprint density at radius 3 is 2.55 bits per heavy atom. The van der Waals surface area contributed by atoms with E-state index in [1.807, 2.05) is 0 Å². The number of pyridine rings is 1. The summed E-state index contributed by atoms with van der Waals surface area (Å²) in [6.07, 6.45) is -1.24. The summed E-state index contributed by atoms with van der Waals surface area (Å²) in [7, 11) is 1.23. The van der Waals surface area contributed by atoms with Crippen molar-refractivity contribution in [2.75, 3.05) is 12.4 Å². The van der Waals surface area contributed by atoms with Crippen molar-refractivity contribution in [3.63, 3.8) is 0 Å². The number of nitrogens with two attached hydrogens (primary N) is 1. The number of nitrogens with zero attached hydrogens (tertiary/aromatic N) is 2. The van der Waals surface area contributed by atoms with Crippen molar-refractivity contribution < 1.29 is 39.2 Å². The van der Waals surface area contributed by atoms with E-state index in [0.717, 1.165) is 0 Å². The lowest BCUT2D eigenvalue weighted by molar-refractivity contribution is -0.140. The normalized spacial score (nSPS) is 14.2. The first-order valence-corrected chi connectivity index (χ1v) is 9.45. The predicted octanol–water partition coefficient (Wildman–Crippen LogP) is 0.0169. The summed E-state index contributed by atoms with van der Waals surface area (Å²) in [6.45, 7) is 0. The van der Waals surface area contributed by atoms with Gasteiger partial charge in [-0.15, -0.1) is 0 Å². The number of hydrogen-bond acceptors (Lipinski definition) is 9. The van der Waals surface area contributed by atoms with E-state index >= 15 is 0 Å². The maximum atomic E-state index is 12.4. The maximum absolute atomic E-state index is 12.4. The quantitative estimate of drug-likeness (QED) is 0.246. The van der Waals surface area contributed by atoms with Crippen LogP contribution in [0, 0.1) is 5.41 Å². The van der Waals surface area contributed by atoms with E-state index in [-0.39, 0.29) is 59.5 Å². The largest absolute Gasteiger partial charge is 0.511 e. The summed E-state index contributed by atoms with van der Waals surface area (Å²) in [5.74, 6) is -4.81. The predicted molar refractivity (Wildman–Crippen MR) is 113 cm³/mol. The van der Waals surface area contributed by atoms with Crippen molar-refractivity contribution in [1.82, 2.24) is 10.3 Å². The lowest BCUT2D eigenvalue weighted by Crippen LogP contribution is -2.41. The van der Waals surface area contributed by atoms with Crippen LogP contribution in [-0.4, -0.2) is 68.9 Å². The van der Waals surface area contributed by atoms with Gasteiger partial charge in [-0.25, -0.2) is 14.8 Å². The number of carbonyl (C=O) groups is 4. The topological polar surface area (TPSA) is 237 Å². The van der Waals surface area contributed by atoms with Gasteiger partial charge < -0.3 is 36.4 Å². The Morgan fingerprint density at radius 2 is 1.97 bits per heavy atom. The zero-order valence-electron chi connectivity index (χ0n) is 17.4. The van der Waals surface area contributed by atoms with Gasteiger partial charge in [0.05, 0.1) is 20.0 Å². The molecule has 2 rings (SSSR count). The van der Waals surface area contributed by atoms with E-state index in [1.54, 1.807) is 0 Å². The molecule has 2 heterocycles. The molecule has 2 amide bonds. The number of aliphatic carboxylic acids is 2. The van der Waals surface area contributed by atoms with Crippen LogP contribution >= 0.6 is 0 Å². The Kier molecular flexibility index (Phi) is 8.03. The molecule has 1 aliphatic rings. The van der Waals surface area contributed by atoms with Gasteiger partial charge in [-0.1, -0.05) is 0 Å². The van der Waals surface area contributed by atoms with Gasteiger partial charge in [0.25, 0.3) is 5.91 Å². The number of carbonyl (C=O) groups excluding carboxylic acids is 2. The van der Waals surface area contributed by atoms with Crippen LogP contribution in [0.3, 0.4) is 0 Å². The average Bonchev–Trinajstić information content (AvgIpc) is 2.73. The van der Waals surface area contributed by atoms with Crippen molar-refractivity contribution in [2.45, 2.75) is 31.7 Å². The minimum atomic E-state index is -1.44. The first-order valence-electron chi connectivity index (χ1n) is 9.45. The van der Waals surface area contributed by atoms with Crippen LogP contribution in [0.25, 0.3) is 0 Å². The number of hydrogen-bond donors (Lipinski definition) is 7. The van der Waals surface area contributed by atoms with Crippen LogP contribution in [-0.2, 0) is 14.4 Å². The first-order chi connectivity index (χ1) is 15.5. The lowest BCUT2D eigenvalue weighted by atomic mass is 10.0. The molecule has 0 spiro atoms. The van der Waals surface area contributed by atoms with E-state index in [0.29, 0.717) is 0 Å². The number of carboxylic acid groups (broad SMARTS) is 2. The monoisotopic (exact) mass is 462 g/mol. The van der Waals surface area contributed by atoms with Gasteiger partial charge in [-0.3, -0.25) is 19.8 Å². The molecule has 0 unspecified atom stereocenters. The molecule has 0 saturated carbocycles. The third-order valence-corrected chi connectivity index (χ3v) is 4.39. The Bertz CT molecular complexity index is 1060. The van der Waals surface area contributed by atoms with Gasteiger partial charge >= 0.3 is 11.9 Å². The summed E-state index contributed by atoms with van der Waals surface area (Å²) in [6, 6.07) is 1.06. The van der Waals surface area contributed by atoms with Gasteiger partial charge in [0.2, 0.25) is 11.8 Å². The number of anilines is 1. The number of amides is 2. The number of methoxy groups -OCH3 is 1. The molecule has 0 aromatic carbocycles. The fourth-order valence-electron chi connectivity index (χ4n) is 2.78. The van der Waals surface area contributed by atoms with E-state index in [2.05, 4.69) is 20.6 Å². The SMILES string of the molecule is COc1nc(C(=O)N[C@@H](CCC(=O)O)C(=O)O)ccc1NC(=O)CC1=C(O)CC(N)=NC1=N. The number of carboxylic acids is 2. The van der Waals surface area contributed by atoms with Crippen molar-refractivity contribution in [3.8, 4) is 5.88 Å². The van der Waals surface area contributed by atoms with Gasteiger partial charge in [0, 0.05) is 12.0 Å². The zero-order chi connectivity index (χ0) is 24.7. The maximum Gasteiger partial charge on any atom is 0.326 e. The van der Waals surface area contributed by atoms with Crippen molar-refractivity contribution in [2.24, 2.45) is 10.7 Å². The van der Waals surface area contributed by atoms with Crippen molar-refractivity contribution in [3.05, 3.63) is 29.2 Å². The molecule has 0 fully saturated rings. The summed E-state index contributed by atoms with van der Waals surface area (Å²) in [5.41, 5.74) is 5.33. The smallest absolute Gasteiger partial charge is 0.326 e. The first kappa shape index (κ1) is 24.8. The second-order valence-corrected chi connectivity index (χ2v) is 6.83. The minimum Gasteiger partial charge on any atom is -0.511 e. The molecule has 0 aliphatic carbocycles. The molecule has 14 nitrogen and oxygen atoms in total. The van der Waals surface area contributed by atoms with Gasteiger partial charge in [-0.05, 0) is 18.6 Å². The van der Waals surface area contributed by atoms with Crippen LogP contribution in [0.2, 0.25) is 0 Å². The van der Waals surface area contributed by atoms with E-state index in [4.69, 9.17) is 26.1 Å². The molecule has 0 saturated heterocycles. The van der Waals surface area contributed by atoms with Crippen LogP contribution < -0.4 is 21.1 Å². The number of aromatic nitrogens is 1. The zero-order valence-corrected chi connectivity index (χ0v) is 17.4. The van der Waals surface area contributed by atoms with Gasteiger partial charge in [-0.2, -0.15) is 0 Å². The fraction of sp³-hybridized carbons (Fsp3) is 0.316. The Hall–Kier alpha value is -4.49. The summed E-state index contributed by atoms with van der Waals surface area (Å²) >= 11 is 0. The molecule has 1 aliphatic heterocycles. The molecule has 1 aromatic heterocycles. The molecular weight excluding hydrogens is 440 g/mol. The second-order valence-electron chi connectivity index (χ2n) is 6.83. The Morgan fingerprint density at radius 1 is 1.27 bits per heavy atom. The molecule has 176 valence electrons. The third-order valence-electron chi connectivity index (χ3n) is 4.39. The standard InChI is InChI=1S/C19H22N6O8/c1-33-18-10(22-14(27)6-8-12(26)7-13(20)25-16(8)21)3-2-9(24-18)17(30)23-11(19(31)32)4-5-15(28)29/h2-3,11,26H,4-7H2,1H3,(H,22,27)(H,23,30)(H,28,29)(H,31,32)(H3,20,21,25)/t11-/m0/s1. The molecule has 8 N–H and O–H groups in total. The van der Waals surface area contributed by atoms with Crippen LogP contribution in [0.1, 0.15) is 36.2 Å². The number of rotatable bonds is 10. The molecule has 14 heteroatoms. The third kappa shape index (κ3) is 6.75. The Balaban J connectivity index is 2.11. The summed E-state index contributed by atoms with van der Waals surface area (Å²) in [4.78, 5) is 54.3. The molecule has 0 radical (unpaired) electrons. The summed E-state index contributed by atoms with van der Waals surface area (Å²) in [5, 5.41) is 40.2. The summed E-state index contributed by atoms with van der Waals surface area (Å²) < 4.78 is 5.07. The van der Waals surface area contributed by atoms with Crippen LogP contribution in [0.15, 0.2) is 28.5 Å². The van der Waals surface area contributed by atoms with Crippen molar-refractivity contribution >= 4 is 41.1 Å². The van der Waals surface area contributed by atoms with E-state index < -0.39 is 36.2 Å². The molecule has 1 atom stereocenters. The van der Waals surface area contributed by atoms with Crippen LogP contribution in [0.5, 0.6) is 5.88 Å². The molecular formula is C19H22N6O8. The number of aliphatic hydroxyl groups is 1. The van der Waals surface area contributed by atoms with Crippen LogP contribution in [0.4, 0.5) is 5.69 Å². The highest BCUT2D eigenvalue weighted by Gasteiger charge is 2.24. The number of aliphatic hydroxyl groups excluding tert-OH is 1. The van der Waals surface area contributed by atoms with Gasteiger partial charge in [0.15, 0.2) is 5.84 Å². The molecule has 0 bridgehead atoms. The number of amidine groups is 2. The highest BCUT2D eigenvalue weighted by molar-refractivity contribution is 6.11. The highest BCUT2D eigenvalue weighted by Crippen LogP contribution is 2.24. The minimum absolute atomic E-state index is 0.00528. The average molecular weight is 462 g/mol. The number of ether oxygens (including phenoxy) is 1.